The zero-order valence-electron chi connectivity index (χ0n) is 9.51. The maximum Gasteiger partial charge on any atom is 0.266 e. The highest BCUT2D eigenvalue weighted by Gasteiger charge is 2.13. The quantitative estimate of drug-likeness (QED) is 0.581. The molecule has 0 saturated heterocycles. The lowest BCUT2D eigenvalue weighted by Crippen LogP contribution is -2.29. The first kappa shape index (κ1) is 15.2. The van der Waals surface area contributed by atoms with Gasteiger partial charge in [-0.05, 0) is 40.8 Å². The van der Waals surface area contributed by atoms with Crippen LogP contribution in [0.15, 0.2) is 18.2 Å². The van der Waals surface area contributed by atoms with Crippen LogP contribution in [0.2, 0.25) is 0 Å². The van der Waals surface area contributed by atoms with Gasteiger partial charge in [0, 0.05) is 10.1 Å². The van der Waals surface area contributed by atoms with Crippen LogP contribution < -0.4 is 10.1 Å². The number of hydrogen-bond donors (Lipinski definition) is 2. The summed E-state index contributed by atoms with van der Waals surface area (Å²) in [6, 6.07) is 5.02. The molecule has 1 amide bonds. The van der Waals surface area contributed by atoms with E-state index in [0.717, 1.165) is 3.57 Å². The predicted molar refractivity (Wildman–Crippen MR) is 74.5 cm³/mol. The molecular formula is C10H12INO5S. The molecule has 8 heteroatoms. The number of carbonyl (C=O) groups is 1. The minimum Gasteiger partial charge on any atom is -0.496 e. The minimum absolute atomic E-state index is 0.160. The summed E-state index contributed by atoms with van der Waals surface area (Å²) in [5.41, 5.74) is 0.313. The first-order valence-corrected chi connectivity index (χ1v) is 7.59. The first-order chi connectivity index (χ1) is 8.33. The van der Waals surface area contributed by atoms with Crippen LogP contribution in [-0.4, -0.2) is 38.3 Å². The number of methoxy groups -OCH3 is 1. The van der Waals surface area contributed by atoms with Crippen LogP contribution in [0, 0.1) is 3.57 Å². The lowest BCUT2D eigenvalue weighted by molar-refractivity contribution is 0.0953. The van der Waals surface area contributed by atoms with Crippen molar-refractivity contribution in [2.24, 2.45) is 0 Å². The second-order valence-electron chi connectivity index (χ2n) is 3.39. The zero-order valence-corrected chi connectivity index (χ0v) is 12.5. The van der Waals surface area contributed by atoms with Crippen molar-refractivity contribution in [1.29, 1.82) is 0 Å². The Labute approximate surface area is 119 Å². The largest absolute Gasteiger partial charge is 0.496 e. The van der Waals surface area contributed by atoms with Gasteiger partial charge in [-0.3, -0.25) is 9.35 Å². The van der Waals surface area contributed by atoms with E-state index in [1.807, 2.05) is 0 Å². The van der Waals surface area contributed by atoms with Crippen molar-refractivity contribution < 1.29 is 22.5 Å². The molecule has 18 heavy (non-hydrogen) atoms. The molecule has 0 heterocycles. The summed E-state index contributed by atoms with van der Waals surface area (Å²) in [5.74, 6) is -0.566. The monoisotopic (exact) mass is 385 g/mol. The van der Waals surface area contributed by atoms with E-state index in [2.05, 4.69) is 27.9 Å². The highest BCUT2D eigenvalue weighted by atomic mass is 127. The maximum atomic E-state index is 11.8. The molecule has 0 saturated carbocycles. The predicted octanol–water partition coefficient (Wildman–Crippen LogP) is 0.917. The fourth-order valence-electron chi connectivity index (χ4n) is 1.24. The summed E-state index contributed by atoms with van der Waals surface area (Å²) in [6.45, 7) is -0.160. The van der Waals surface area contributed by atoms with Gasteiger partial charge in [0.1, 0.15) is 5.75 Å². The van der Waals surface area contributed by atoms with E-state index < -0.39 is 21.8 Å². The van der Waals surface area contributed by atoms with Gasteiger partial charge in [-0.1, -0.05) is 0 Å². The number of carbonyl (C=O) groups excluding carboxylic acids is 1. The van der Waals surface area contributed by atoms with Gasteiger partial charge >= 0.3 is 0 Å². The molecule has 0 fully saturated rings. The van der Waals surface area contributed by atoms with Crippen molar-refractivity contribution in [3.8, 4) is 5.75 Å². The number of halogens is 1. The summed E-state index contributed by atoms with van der Waals surface area (Å²) in [5, 5.41) is 2.39. The molecule has 6 nitrogen and oxygen atoms in total. The van der Waals surface area contributed by atoms with Gasteiger partial charge in [0.25, 0.3) is 16.0 Å². The van der Waals surface area contributed by atoms with Gasteiger partial charge in [-0.2, -0.15) is 8.42 Å². The lowest BCUT2D eigenvalue weighted by atomic mass is 10.2. The molecule has 0 bridgehead atoms. The van der Waals surface area contributed by atoms with Crippen LogP contribution in [0.4, 0.5) is 0 Å². The highest BCUT2D eigenvalue weighted by molar-refractivity contribution is 14.1. The zero-order chi connectivity index (χ0) is 13.8. The molecule has 1 aromatic carbocycles. The molecule has 0 aromatic heterocycles. The molecular weight excluding hydrogens is 373 g/mol. The van der Waals surface area contributed by atoms with Gasteiger partial charge in [0.2, 0.25) is 0 Å². The van der Waals surface area contributed by atoms with Crippen molar-refractivity contribution in [1.82, 2.24) is 5.32 Å². The van der Waals surface area contributed by atoms with Gasteiger partial charge in [0.15, 0.2) is 0 Å². The van der Waals surface area contributed by atoms with Gasteiger partial charge in [-0.15, -0.1) is 0 Å². The number of benzene rings is 1. The molecule has 0 aliphatic carbocycles. The minimum atomic E-state index is -4.07. The molecule has 1 rings (SSSR count). The Morgan fingerprint density at radius 2 is 2.17 bits per heavy atom. The van der Waals surface area contributed by atoms with Gasteiger partial charge in [0.05, 0.1) is 18.4 Å². The summed E-state index contributed by atoms with van der Waals surface area (Å²) in [4.78, 5) is 11.8. The Kier molecular flexibility index (Phi) is 5.35. The van der Waals surface area contributed by atoms with Crippen molar-refractivity contribution in [3.05, 3.63) is 27.3 Å². The van der Waals surface area contributed by atoms with Crippen molar-refractivity contribution in [3.63, 3.8) is 0 Å². The smallest absolute Gasteiger partial charge is 0.266 e. The third-order valence-electron chi connectivity index (χ3n) is 2.05. The number of hydrogen-bond acceptors (Lipinski definition) is 4. The van der Waals surface area contributed by atoms with Crippen LogP contribution >= 0.6 is 22.6 Å². The third kappa shape index (κ3) is 4.78. The summed E-state index contributed by atoms with van der Waals surface area (Å²) >= 11 is 2.08. The SMILES string of the molecule is COc1cc(I)ccc1C(=O)NCCS(=O)(=O)O. The van der Waals surface area contributed by atoms with Crippen LogP contribution in [0.25, 0.3) is 0 Å². The second-order valence-corrected chi connectivity index (χ2v) is 6.20. The number of nitrogens with one attached hydrogen (secondary N) is 1. The maximum absolute atomic E-state index is 11.8. The van der Waals surface area contributed by atoms with E-state index in [0.29, 0.717) is 11.3 Å². The Bertz CT molecular complexity index is 543. The molecule has 1 aromatic rings. The summed E-state index contributed by atoms with van der Waals surface area (Å²) in [7, 11) is -2.63. The van der Waals surface area contributed by atoms with Crippen molar-refractivity contribution >= 4 is 38.6 Å². The summed E-state index contributed by atoms with van der Waals surface area (Å²) < 4.78 is 35.5. The fourth-order valence-corrected chi connectivity index (χ4v) is 2.06. The average Bonchev–Trinajstić information content (AvgIpc) is 2.26. The van der Waals surface area contributed by atoms with Gasteiger partial charge in [-0.25, -0.2) is 0 Å². The van der Waals surface area contributed by atoms with Crippen LogP contribution in [0.5, 0.6) is 5.75 Å². The normalized spacial score (nSPS) is 11.1. The Hall–Kier alpha value is -0.870. The van der Waals surface area contributed by atoms with Crippen molar-refractivity contribution in [2.75, 3.05) is 19.4 Å². The lowest BCUT2D eigenvalue weighted by Gasteiger charge is -2.09. The standard InChI is InChI=1S/C10H12INO5S/c1-17-9-6-7(11)2-3-8(9)10(13)12-4-5-18(14,15)16/h2-3,6H,4-5H2,1H3,(H,12,13)(H,14,15,16). The van der Waals surface area contributed by atoms with E-state index in [-0.39, 0.29) is 6.54 Å². The van der Waals surface area contributed by atoms with Crippen molar-refractivity contribution in [2.45, 2.75) is 0 Å². The Morgan fingerprint density at radius 3 is 2.72 bits per heavy atom. The molecule has 0 radical (unpaired) electrons. The van der Waals surface area contributed by atoms with E-state index >= 15 is 0 Å². The van der Waals surface area contributed by atoms with Crippen LogP contribution in [-0.2, 0) is 10.1 Å². The van der Waals surface area contributed by atoms with E-state index in [1.54, 1.807) is 18.2 Å². The second kappa shape index (κ2) is 6.34. The third-order valence-corrected chi connectivity index (χ3v) is 3.44. The van der Waals surface area contributed by atoms with Crippen LogP contribution in [0.1, 0.15) is 10.4 Å². The topological polar surface area (TPSA) is 92.7 Å². The highest BCUT2D eigenvalue weighted by Crippen LogP contribution is 2.21. The molecule has 0 aliphatic heterocycles. The molecule has 2 N–H and O–H groups in total. The number of rotatable bonds is 5. The van der Waals surface area contributed by atoms with E-state index in [4.69, 9.17) is 9.29 Å². The summed E-state index contributed by atoms with van der Waals surface area (Å²) in [6.07, 6.45) is 0. The van der Waals surface area contributed by atoms with Crippen LogP contribution in [0.3, 0.4) is 0 Å². The Morgan fingerprint density at radius 1 is 1.50 bits per heavy atom. The number of amides is 1. The van der Waals surface area contributed by atoms with E-state index in [1.165, 1.54) is 7.11 Å². The molecule has 100 valence electrons. The molecule has 0 aliphatic rings. The molecule has 0 atom stereocenters. The fraction of sp³-hybridized carbons (Fsp3) is 0.300. The van der Waals surface area contributed by atoms with Gasteiger partial charge < -0.3 is 10.1 Å². The van der Waals surface area contributed by atoms with E-state index in [9.17, 15) is 13.2 Å². The first-order valence-electron chi connectivity index (χ1n) is 4.90. The Balaban J connectivity index is 2.73. The number of ether oxygens (including phenoxy) is 1. The molecule has 0 unspecified atom stereocenters. The average molecular weight is 385 g/mol. The molecule has 0 spiro atoms.